The predicted octanol–water partition coefficient (Wildman–Crippen LogP) is 3.65. The van der Waals surface area contributed by atoms with Gasteiger partial charge in [0.25, 0.3) is 5.91 Å². The molecule has 0 aliphatic carbocycles. The molecule has 1 aliphatic heterocycles. The summed E-state index contributed by atoms with van der Waals surface area (Å²) in [5, 5.41) is 2.94. The van der Waals surface area contributed by atoms with E-state index in [9.17, 15) is 18.0 Å². The molecule has 0 amide bonds. The monoisotopic (exact) mass is 556 g/mol. The number of rotatable bonds is 6. The highest BCUT2D eigenvalue weighted by molar-refractivity contribution is 8.10. The van der Waals surface area contributed by atoms with Gasteiger partial charge in [0.2, 0.25) is 9.84 Å². The number of nitrogens with zero attached hydrogens (tertiary/aromatic N) is 1. The minimum absolute atomic E-state index is 0.00365. The Hall–Kier alpha value is -3.12. The summed E-state index contributed by atoms with van der Waals surface area (Å²) in [7, 11) is -4.23. The number of anilines is 1. The van der Waals surface area contributed by atoms with Crippen molar-refractivity contribution >= 4 is 72.8 Å². The number of esters is 1. The van der Waals surface area contributed by atoms with Crippen LogP contribution < -0.4 is 16.3 Å². The summed E-state index contributed by atoms with van der Waals surface area (Å²) in [6.45, 7) is 1.81. The Balaban J connectivity index is 1.93. The van der Waals surface area contributed by atoms with Gasteiger partial charge in [-0.15, -0.1) is 22.7 Å². The molecule has 36 heavy (non-hydrogen) atoms. The zero-order valence-corrected chi connectivity index (χ0v) is 22.2. The molecule has 0 saturated carbocycles. The van der Waals surface area contributed by atoms with Crippen molar-refractivity contribution in [3.8, 4) is 0 Å². The molecule has 184 valence electrons. The van der Waals surface area contributed by atoms with E-state index in [1.54, 1.807) is 43.3 Å². The Morgan fingerprint density at radius 3 is 2.44 bits per heavy atom. The molecule has 0 bridgehead atoms. The Morgan fingerprint density at radius 2 is 1.81 bits per heavy atom. The van der Waals surface area contributed by atoms with E-state index in [2.05, 4.69) is 0 Å². The summed E-state index contributed by atoms with van der Waals surface area (Å²) in [5.74, 6) is -1.13. The molecule has 1 atom stereocenters. The van der Waals surface area contributed by atoms with Crippen molar-refractivity contribution in [2.45, 2.75) is 22.1 Å². The average Bonchev–Trinajstić information content (AvgIpc) is 3.63. The standard InChI is InChI=1S/C25H20N2O5S4/c1-2-32-25(29)22-20-17(14-15-8-6-12-33-15)19(26)24(36(30,31)16-9-4-3-5-10-16)27(20)23(28)21(35-22)18-11-7-13-34-18/h3-14,21H,2,26H2,1H3/b17-14+. The first-order chi connectivity index (χ1) is 17.3. The number of aromatic nitrogens is 1. The molecule has 0 fully saturated rings. The number of carbonyl (C=O) groups is 2. The average molecular weight is 557 g/mol. The zero-order valence-electron chi connectivity index (χ0n) is 18.9. The van der Waals surface area contributed by atoms with Crippen molar-refractivity contribution < 1.29 is 22.7 Å². The first-order valence-corrected chi connectivity index (χ1v) is 15.0. The Morgan fingerprint density at radius 1 is 1.08 bits per heavy atom. The SMILES string of the molecule is CCOC(=O)C1=c2/c(=C/c3cccs3)c(N)c(S(=O)(=O)c3ccccc3)n2C(=O)C(c2cccs2)S1. The lowest BCUT2D eigenvalue weighted by molar-refractivity contribution is -0.135. The van der Waals surface area contributed by atoms with Gasteiger partial charge < -0.3 is 10.5 Å². The van der Waals surface area contributed by atoms with E-state index >= 15 is 0 Å². The van der Waals surface area contributed by atoms with E-state index in [-0.39, 0.29) is 32.5 Å². The van der Waals surface area contributed by atoms with Gasteiger partial charge in [-0.25, -0.2) is 13.2 Å². The number of benzene rings is 1. The van der Waals surface area contributed by atoms with E-state index in [1.165, 1.54) is 34.8 Å². The quantitative estimate of drug-likeness (QED) is 0.361. The first kappa shape index (κ1) is 24.6. The number of nitrogen functional groups attached to an aromatic ring is 1. The molecule has 7 nitrogen and oxygen atoms in total. The lowest BCUT2D eigenvalue weighted by Crippen LogP contribution is -2.42. The number of thioether (sulfide) groups is 1. The number of fused-ring (bicyclic) bond motifs is 1. The Bertz CT molecular complexity index is 1670. The molecule has 1 aromatic carbocycles. The van der Waals surface area contributed by atoms with Gasteiger partial charge >= 0.3 is 5.97 Å². The summed E-state index contributed by atoms with van der Waals surface area (Å²) < 4.78 is 34.2. The number of sulfone groups is 1. The third-order valence-electron chi connectivity index (χ3n) is 5.50. The van der Waals surface area contributed by atoms with Crippen LogP contribution in [0.1, 0.15) is 26.7 Å². The van der Waals surface area contributed by atoms with Crippen molar-refractivity contribution in [1.82, 2.24) is 4.57 Å². The highest BCUT2D eigenvalue weighted by atomic mass is 32.2. The van der Waals surface area contributed by atoms with E-state index in [0.717, 1.165) is 21.2 Å². The van der Waals surface area contributed by atoms with Gasteiger partial charge in [0, 0.05) is 15.0 Å². The van der Waals surface area contributed by atoms with Gasteiger partial charge in [-0.2, -0.15) is 0 Å². The maximum atomic E-state index is 14.0. The van der Waals surface area contributed by atoms with Gasteiger partial charge in [-0.3, -0.25) is 9.36 Å². The summed E-state index contributed by atoms with van der Waals surface area (Å²) in [6, 6.07) is 15.1. The van der Waals surface area contributed by atoms with Crippen LogP contribution in [0.15, 0.2) is 75.3 Å². The molecule has 11 heteroatoms. The molecule has 0 radical (unpaired) electrons. The molecule has 3 aromatic heterocycles. The highest BCUT2D eigenvalue weighted by Gasteiger charge is 2.40. The van der Waals surface area contributed by atoms with Crippen molar-refractivity contribution in [2.24, 2.45) is 0 Å². The maximum absolute atomic E-state index is 14.0. The molecule has 4 heterocycles. The minimum Gasteiger partial charge on any atom is -0.462 e. The van der Waals surface area contributed by atoms with Crippen LogP contribution in [0.5, 0.6) is 0 Å². The van der Waals surface area contributed by atoms with Crippen LogP contribution in [0, 0.1) is 0 Å². The minimum atomic E-state index is -4.23. The van der Waals surface area contributed by atoms with Crippen LogP contribution >= 0.6 is 34.4 Å². The number of thiophene rings is 2. The molecule has 1 aliphatic rings. The van der Waals surface area contributed by atoms with Crippen LogP contribution in [-0.4, -0.2) is 31.5 Å². The van der Waals surface area contributed by atoms with E-state index in [4.69, 9.17) is 10.5 Å². The van der Waals surface area contributed by atoms with Crippen molar-refractivity contribution in [1.29, 1.82) is 0 Å². The molecule has 2 N–H and O–H groups in total. The van der Waals surface area contributed by atoms with Crippen LogP contribution in [0.25, 0.3) is 11.0 Å². The number of hydrogen-bond acceptors (Lipinski definition) is 9. The fourth-order valence-electron chi connectivity index (χ4n) is 3.96. The highest BCUT2D eigenvalue weighted by Crippen LogP contribution is 2.42. The van der Waals surface area contributed by atoms with Crippen LogP contribution in [0.2, 0.25) is 0 Å². The predicted molar refractivity (Wildman–Crippen MR) is 143 cm³/mol. The van der Waals surface area contributed by atoms with Gasteiger partial charge in [-0.1, -0.05) is 42.1 Å². The van der Waals surface area contributed by atoms with Gasteiger partial charge in [0.05, 0.1) is 22.5 Å². The Kier molecular flexibility index (Phi) is 6.64. The van der Waals surface area contributed by atoms with E-state index < -0.39 is 27.0 Å². The van der Waals surface area contributed by atoms with Gasteiger partial charge in [-0.05, 0) is 48.0 Å². The fourth-order valence-corrected chi connectivity index (χ4v) is 8.29. The Labute approximate surface area is 219 Å². The summed E-state index contributed by atoms with van der Waals surface area (Å²) >= 11 is 3.83. The molecule has 1 unspecified atom stereocenters. The van der Waals surface area contributed by atoms with Crippen molar-refractivity contribution in [2.75, 3.05) is 12.3 Å². The lowest BCUT2D eigenvalue weighted by Gasteiger charge is -2.22. The lowest BCUT2D eigenvalue weighted by atomic mass is 10.3. The second kappa shape index (κ2) is 9.74. The molecular weight excluding hydrogens is 537 g/mol. The summed E-state index contributed by atoms with van der Waals surface area (Å²) in [4.78, 5) is 28.8. The van der Waals surface area contributed by atoms with Crippen LogP contribution in [-0.2, 0) is 19.4 Å². The van der Waals surface area contributed by atoms with Crippen molar-refractivity contribution in [3.63, 3.8) is 0 Å². The van der Waals surface area contributed by atoms with E-state index in [0.29, 0.717) is 10.1 Å². The van der Waals surface area contributed by atoms with Gasteiger partial charge in [0.15, 0.2) is 5.03 Å². The number of ether oxygens (including phenoxy) is 1. The number of nitrogens with two attached hydrogens (primary N) is 1. The van der Waals surface area contributed by atoms with Crippen LogP contribution in [0.3, 0.4) is 0 Å². The molecule has 0 saturated heterocycles. The first-order valence-electron chi connectivity index (χ1n) is 10.9. The fraction of sp³-hybridized carbons (Fsp3) is 0.120. The third kappa shape index (κ3) is 4.11. The molecule has 0 spiro atoms. The molecule has 4 aromatic rings. The normalized spacial score (nSPS) is 16.2. The molecule has 5 rings (SSSR count). The zero-order chi connectivity index (χ0) is 25.4. The second-order valence-corrected chi connectivity index (χ2v) is 12.6. The maximum Gasteiger partial charge on any atom is 0.346 e. The summed E-state index contributed by atoms with van der Waals surface area (Å²) in [5.41, 5.74) is 6.44. The smallest absolute Gasteiger partial charge is 0.346 e. The van der Waals surface area contributed by atoms with Crippen molar-refractivity contribution in [3.05, 3.63) is 85.7 Å². The largest absolute Gasteiger partial charge is 0.462 e. The topological polar surface area (TPSA) is 108 Å². The van der Waals surface area contributed by atoms with Gasteiger partial charge in [0.1, 0.15) is 10.2 Å². The second-order valence-electron chi connectivity index (χ2n) is 7.69. The summed E-state index contributed by atoms with van der Waals surface area (Å²) in [6.07, 6.45) is 1.70. The third-order valence-corrected chi connectivity index (χ3v) is 10.5. The van der Waals surface area contributed by atoms with E-state index in [1.807, 2.05) is 22.9 Å². The number of carbonyl (C=O) groups excluding carboxylic acids is 2. The number of hydrogen-bond donors (Lipinski definition) is 1. The van der Waals surface area contributed by atoms with Crippen LogP contribution in [0.4, 0.5) is 5.69 Å². The molecular formula is C25H20N2O5S4.